The Labute approximate surface area is 77.4 Å². The van der Waals surface area contributed by atoms with Crippen LogP contribution in [0.1, 0.15) is 0 Å². The number of hydrogen-bond acceptors (Lipinski definition) is 3. The average molecular weight is 193 g/mol. The highest BCUT2D eigenvalue weighted by Crippen LogP contribution is 2.17. The Hall–Kier alpha value is -2.24. The number of phenols is 1. The molecule has 3 N–H and O–H groups in total. The fraction of sp³-hybridized carbons (Fsp3) is 0. The van der Waals surface area contributed by atoms with Crippen molar-refractivity contribution in [1.29, 1.82) is 0 Å². The van der Waals surface area contributed by atoms with Gasteiger partial charge in [-0.1, -0.05) is 12.1 Å². The van der Waals surface area contributed by atoms with E-state index in [2.05, 4.69) is 10.3 Å². The standard InChI is InChI=1S/C8H7N3O3/c12-6-4-2-1-3-5(6)11-8(14)7(13)9-10-11/h1-4,10,12H,(H,9,13). The lowest BCUT2D eigenvalue weighted by molar-refractivity contribution is 0.469. The highest BCUT2D eigenvalue weighted by Gasteiger charge is 2.07. The average Bonchev–Trinajstić information content (AvgIpc) is 2.49. The molecule has 6 nitrogen and oxygen atoms in total. The fourth-order valence-electron chi connectivity index (χ4n) is 1.14. The number of hydrogen-bond donors (Lipinski definition) is 3. The number of H-pyrrole nitrogens is 2. The number of aromatic amines is 2. The molecule has 2 rings (SSSR count). The Morgan fingerprint density at radius 3 is 2.50 bits per heavy atom. The van der Waals surface area contributed by atoms with Crippen molar-refractivity contribution in [2.45, 2.75) is 0 Å². The number of aromatic nitrogens is 3. The van der Waals surface area contributed by atoms with Crippen molar-refractivity contribution < 1.29 is 5.11 Å². The minimum atomic E-state index is -0.758. The molecule has 1 aromatic carbocycles. The van der Waals surface area contributed by atoms with Gasteiger partial charge in [0.25, 0.3) is 0 Å². The van der Waals surface area contributed by atoms with Gasteiger partial charge in [0.1, 0.15) is 11.4 Å². The van der Waals surface area contributed by atoms with Crippen LogP contribution in [-0.4, -0.2) is 20.1 Å². The van der Waals surface area contributed by atoms with E-state index < -0.39 is 11.1 Å². The van der Waals surface area contributed by atoms with Crippen molar-refractivity contribution in [2.24, 2.45) is 0 Å². The van der Waals surface area contributed by atoms with Crippen LogP contribution >= 0.6 is 0 Å². The van der Waals surface area contributed by atoms with Crippen LogP contribution < -0.4 is 11.1 Å². The predicted octanol–water partition coefficient (Wildman–Crippen LogP) is -0.441. The topological polar surface area (TPSA) is 90.9 Å². The van der Waals surface area contributed by atoms with E-state index in [1.54, 1.807) is 12.1 Å². The first-order valence-electron chi connectivity index (χ1n) is 3.88. The van der Waals surface area contributed by atoms with E-state index in [4.69, 9.17) is 0 Å². The van der Waals surface area contributed by atoms with Crippen molar-refractivity contribution >= 4 is 0 Å². The lowest BCUT2D eigenvalue weighted by Crippen LogP contribution is -2.26. The van der Waals surface area contributed by atoms with E-state index in [0.29, 0.717) is 0 Å². The van der Waals surface area contributed by atoms with Crippen LogP contribution in [-0.2, 0) is 0 Å². The molecule has 0 saturated carbocycles. The van der Waals surface area contributed by atoms with Crippen molar-refractivity contribution in [3.8, 4) is 11.4 Å². The van der Waals surface area contributed by atoms with E-state index in [1.165, 1.54) is 12.1 Å². The summed E-state index contributed by atoms with van der Waals surface area (Å²) in [5.74, 6) is -0.0788. The molecule has 0 radical (unpaired) electrons. The third-order valence-electron chi connectivity index (χ3n) is 1.80. The maximum atomic E-state index is 11.2. The first-order chi connectivity index (χ1) is 6.70. The van der Waals surface area contributed by atoms with Gasteiger partial charge in [-0.15, -0.1) is 0 Å². The summed E-state index contributed by atoms with van der Waals surface area (Å²) in [5.41, 5.74) is -1.28. The lowest BCUT2D eigenvalue weighted by atomic mass is 10.3. The minimum absolute atomic E-state index is 0.0788. The van der Waals surface area contributed by atoms with Crippen LogP contribution in [0.15, 0.2) is 33.9 Å². The van der Waals surface area contributed by atoms with Crippen LogP contribution in [0.3, 0.4) is 0 Å². The summed E-state index contributed by atoms with van der Waals surface area (Å²) in [6.07, 6.45) is 0. The van der Waals surface area contributed by atoms with Crippen LogP contribution in [0, 0.1) is 0 Å². The third kappa shape index (κ3) is 1.13. The quantitative estimate of drug-likeness (QED) is 0.536. The number of aromatic hydroxyl groups is 1. The molecule has 6 heteroatoms. The molecule has 0 fully saturated rings. The molecule has 2 aromatic rings. The van der Waals surface area contributed by atoms with Crippen LogP contribution in [0.4, 0.5) is 0 Å². The molecule has 72 valence electrons. The molecule has 0 aliphatic rings. The zero-order chi connectivity index (χ0) is 10.1. The Morgan fingerprint density at radius 2 is 1.93 bits per heavy atom. The molecule has 0 amide bonds. The van der Waals surface area contributed by atoms with Gasteiger partial charge < -0.3 is 5.11 Å². The third-order valence-corrected chi connectivity index (χ3v) is 1.80. The Kier molecular flexibility index (Phi) is 1.74. The van der Waals surface area contributed by atoms with Gasteiger partial charge in [0.05, 0.1) is 0 Å². The lowest BCUT2D eigenvalue weighted by Gasteiger charge is -2.01. The highest BCUT2D eigenvalue weighted by molar-refractivity contribution is 5.44. The van der Waals surface area contributed by atoms with E-state index >= 15 is 0 Å². The highest BCUT2D eigenvalue weighted by atomic mass is 16.3. The summed E-state index contributed by atoms with van der Waals surface area (Å²) < 4.78 is 0.942. The van der Waals surface area contributed by atoms with Gasteiger partial charge >= 0.3 is 11.1 Å². The van der Waals surface area contributed by atoms with Crippen LogP contribution in [0.5, 0.6) is 5.75 Å². The van der Waals surface area contributed by atoms with Crippen molar-refractivity contribution in [3.05, 3.63) is 45.0 Å². The van der Waals surface area contributed by atoms with Crippen LogP contribution in [0.2, 0.25) is 0 Å². The smallest absolute Gasteiger partial charge is 0.338 e. The van der Waals surface area contributed by atoms with E-state index in [0.717, 1.165) is 4.68 Å². The number of benzene rings is 1. The summed E-state index contributed by atoms with van der Waals surface area (Å²) >= 11 is 0. The SMILES string of the molecule is O=c1[nH][nH]n(-c2ccccc2O)c1=O. The van der Waals surface area contributed by atoms with Gasteiger partial charge in [0.15, 0.2) is 0 Å². The molecule has 0 saturated heterocycles. The Balaban J connectivity index is 2.73. The number of phenolic OH excluding ortho intramolecular Hbond substituents is 1. The monoisotopic (exact) mass is 193 g/mol. The molecule has 1 aromatic heterocycles. The molecule has 0 spiro atoms. The van der Waals surface area contributed by atoms with Gasteiger partial charge in [0, 0.05) is 0 Å². The maximum Gasteiger partial charge on any atom is 0.338 e. The van der Waals surface area contributed by atoms with Gasteiger partial charge in [0.2, 0.25) is 0 Å². The van der Waals surface area contributed by atoms with Crippen molar-refractivity contribution in [1.82, 2.24) is 15.0 Å². The largest absolute Gasteiger partial charge is 0.506 e. The van der Waals surface area contributed by atoms with Crippen LogP contribution in [0.25, 0.3) is 5.69 Å². The number of nitrogens with zero attached hydrogens (tertiary/aromatic N) is 1. The van der Waals surface area contributed by atoms with Crippen molar-refractivity contribution in [2.75, 3.05) is 0 Å². The van der Waals surface area contributed by atoms with Gasteiger partial charge in [-0.25, -0.2) is 10.3 Å². The molecular weight excluding hydrogens is 186 g/mol. The molecule has 0 unspecified atom stereocenters. The van der Waals surface area contributed by atoms with Gasteiger partial charge in [-0.3, -0.25) is 9.59 Å². The first-order valence-corrected chi connectivity index (χ1v) is 3.88. The number of rotatable bonds is 1. The van der Waals surface area contributed by atoms with Gasteiger partial charge in [-0.05, 0) is 12.1 Å². The maximum absolute atomic E-state index is 11.2. The molecule has 0 atom stereocenters. The van der Waals surface area contributed by atoms with E-state index in [-0.39, 0.29) is 11.4 Å². The molecule has 0 aliphatic heterocycles. The van der Waals surface area contributed by atoms with Gasteiger partial charge in [-0.2, -0.15) is 4.68 Å². The molecule has 14 heavy (non-hydrogen) atoms. The van der Waals surface area contributed by atoms with E-state index in [9.17, 15) is 14.7 Å². The number of para-hydroxylation sites is 2. The summed E-state index contributed by atoms with van der Waals surface area (Å²) in [6, 6.07) is 6.20. The predicted molar refractivity (Wildman–Crippen MR) is 48.7 cm³/mol. The second-order valence-electron chi connectivity index (χ2n) is 2.70. The zero-order valence-electron chi connectivity index (χ0n) is 7.02. The molecule has 0 aliphatic carbocycles. The summed E-state index contributed by atoms with van der Waals surface area (Å²) in [5, 5.41) is 13.9. The molecule has 0 bridgehead atoms. The van der Waals surface area contributed by atoms with E-state index in [1.807, 2.05) is 0 Å². The summed E-state index contributed by atoms with van der Waals surface area (Å²) in [7, 11) is 0. The fourth-order valence-corrected chi connectivity index (χ4v) is 1.14. The molecular formula is C8H7N3O3. The second-order valence-corrected chi connectivity index (χ2v) is 2.70. The zero-order valence-corrected chi connectivity index (χ0v) is 7.02. The Morgan fingerprint density at radius 1 is 1.21 bits per heavy atom. The molecule has 1 heterocycles. The first kappa shape index (κ1) is 8.36. The number of nitrogens with one attached hydrogen (secondary N) is 2. The Bertz CT molecular complexity index is 563. The summed E-state index contributed by atoms with van der Waals surface area (Å²) in [6.45, 7) is 0. The minimum Gasteiger partial charge on any atom is -0.506 e. The summed E-state index contributed by atoms with van der Waals surface area (Å²) in [4.78, 5) is 22.0. The normalized spacial score (nSPS) is 10.3. The second kappa shape index (κ2) is 2.91. The van der Waals surface area contributed by atoms with Crippen molar-refractivity contribution in [3.63, 3.8) is 0 Å².